The first-order valence-corrected chi connectivity index (χ1v) is 12.4. The average Bonchev–Trinajstić information content (AvgIpc) is 3.54. The van der Waals surface area contributed by atoms with E-state index in [-0.39, 0.29) is 34.5 Å². The Kier molecular flexibility index (Phi) is 6.33. The van der Waals surface area contributed by atoms with Crippen molar-refractivity contribution in [3.63, 3.8) is 0 Å². The van der Waals surface area contributed by atoms with Crippen LogP contribution in [0.5, 0.6) is 5.88 Å². The topological polar surface area (TPSA) is 115 Å². The van der Waals surface area contributed by atoms with Crippen molar-refractivity contribution < 1.29 is 27.5 Å². The van der Waals surface area contributed by atoms with E-state index in [0.29, 0.717) is 34.5 Å². The molecule has 0 bridgehead atoms. The first-order valence-electron chi connectivity index (χ1n) is 12.4. The van der Waals surface area contributed by atoms with Gasteiger partial charge in [-0.3, -0.25) is 9.59 Å². The number of aromatic nitrogens is 4. The van der Waals surface area contributed by atoms with Gasteiger partial charge in [0.15, 0.2) is 0 Å². The van der Waals surface area contributed by atoms with Crippen LogP contribution in [0, 0.1) is 5.82 Å². The number of benzodiazepines with no additional fused rings is 1. The normalized spacial score (nSPS) is 18.2. The van der Waals surface area contributed by atoms with Crippen LogP contribution < -0.4 is 15.4 Å². The van der Waals surface area contributed by atoms with E-state index in [2.05, 4.69) is 25.8 Å². The summed E-state index contributed by atoms with van der Waals surface area (Å²) in [7, 11) is 0. The number of carbonyl (C=O) groups excluding carboxylic acids is 2. The van der Waals surface area contributed by atoms with Crippen LogP contribution >= 0.6 is 0 Å². The number of hydrogen-bond acceptors (Lipinski definition) is 6. The summed E-state index contributed by atoms with van der Waals surface area (Å²) in [6.07, 6.45) is 1.15. The van der Waals surface area contributed by atoms with Crippen molar-refractivity contribution >= 4 is 23.2 Å². The molecular weight excluding hydrogens is 527 g/mol. The van der Waals surface area contributed by atoms with Crippen LogP contribution in [0.2, 0.25) is 0 Å². The van der Waals surface area contributed by atoms with E-state index >= 15 is 0 Å². The van der Waals surface area contributed by atoms with E-state index in [1.165, 1.54) is 23.0 Å². The molecule has 0 radical (unpaired) electrons. The highest BCUT2D eigenvalue weighted by atomic mass is 19.3. The van der Waals surface area contributed by atoms with Crippen molar-refractivity contribution in [2.24, 2.45) is 4.99 Å². The molecule has 13 heteroatoms. The Morgan fingerprint density at radius 1 is 1.15 bits per heavy atom. The van der Waals surface area contributed by atoms with E-state index in [9.17, 15) is 22.8 Å². The van der Waals surface area contributed by atoms with Gasteiger partial charge in [-0.25, -0.2) is 18.7 Å². The number of para-hydroxylation sites is 1. The number of aliphatic imine (C=N–C) groups is 1. The minimum Gasteiger partial charge on any atom is -0.474 e. The number of ether oxygens (including phenoxy) is 1. The summed E-state index contributed by atoms with van der Waals surface area (Å²) in [5.41, 5.74) is 1.34. The van der Waals surface area contributed by atoms with Gasteiger partial charge in [0, 0.05) is 35.9 Å². The van der Waals surface area contributed by atoms with Crippen LogP contribution in [-0.4, -0.2) is 49.4 Å². The summed E-state index contributed by atoms with van der Waals surface area (Å²) in [5.74, 6) is -2.08. The molecule has 2 aromatic carbocycles. The lowest BCUT2D eigenvalue weighted by molar-refractivity contribution is -0.117. The van der Waals surface area contributed by atoms with Crippen LogP contribution in [0.4, 0.5) is 18.9 Å². The van der Waals surface area contributed by atoms with E-state index < -0.39 is 30.3 Å². The molecular formula is C27H22F3N7O3. The molecule has 2 aliphatic heterocycles. The number of rotatable bonds is 5. The summed E-state index contributed by atoms with van der Waals surface area (Å²) in [5, 5.41) is 13.2. The zero-order valence-corrected chi connectivity index (χ0v) is 21.0. The van der Waals surface area contributed by atoms with E-state index in [4.69, 9.17) is 4.74 Å². The largest absolute Gasteiger partial charge is 0.474 e. The molecule has 0 saturated heterocycles. The van der Waals surface area contributed by atoms with Crippen LogP contribution in [0.15, 0.2) is 65.9 Å². The second-order valence-electron chi connectivity index (χ2n) is 9.33. The fraction of sp³-hybridized carbons (Fsp3) is 0.222. The lowest BCUT2D eigenvalue weighted by atomic mass is 10.0. The fourth-order valence-corrected chi connectivity index (χ4v) is 4.66. The maximum atomic E-state index is 14.8. The molecule has 4 heterocycles. The number of nitrogens with one attached hydrogen (secondary N) is 2. The number of amides is 2. The number of anilines is 1. The number of halogens is 3. The van der Waals surface area contributed by atoms with Crippen molar-refractivity contribution in [2.75, 3.05) is 5.32 Å². The molecule has 6 rings (SSSR count). The Hall–Kier alpha value is -4.94. The molecule has 2 aliphatic rings. The molecule has 10 nitrogen and oxygen atoms in total. The van der Waals surface area contributed by atoms with Crippen LogP contribution in [0.25, 0.3) is 11.3 Å². The summed E-state index contributed by atoms with van der Waals surface area (Å²) in [4.78, 5) is 31.6. The van der Waals surface area contributed by atoms with Crippen LogP contribution in [-0.2, 0) is 11.3 Å². The van der Waals surface area contributed by atoms with Crippen molar-refractivity contribution in [2.45, 2.75) is 38.7 Å². The Balaban J connectivity index is 1.42. The second-order valence-corrected chi connectivity index (χ2v) is 9.33. The zero-order chi connectivity index (χ0) is 28.0. The summed E-state index contributed by atoms with van der Waals surface area (Å²) in [6, 6.07) is 13.2. The summed E-state index contributed by atoms with van der Waals surface area (Å²) in [6.45, 7) is -0.635. The molecule has 40 heavy (non-hydrogen) atoms. The van der Waals surface area contributed by atoms with Gasteiger partial charge < -0.3 is 15.4 Å². The Bertz CT molecular complexity index is 1650. The molecule has 0 saturated carbocycles. The molecule has 4 aromatic rings. The Morgan fingerprint density at radius 2 is 1.95 bits per heavy atom. The minimum atomic E-state index is -2.89. The minimum absolute atomic E-state index is 0.0578. The maximum absolute atomic E-state index is 14.8. The van der Waals surface area contributed by atoms with E-state index in [1.54, 1.807) is 36.4 Å². The molecule has 0 unspecified atom stereocenters. The molecule has 0 spiro atoms. The number of nitrogens with zero attached hydrogens (tertiary/aromatic N) is 5. The van der Waals surface area contributed by atoms with Gasteiger partial charge in [0.05, 0.1) is 23.7 Å². The number of benzene rings is 2. The molecule has 0 aliphatic carbocycles. The molecule has 2 atom stereocenters. The standard InChI is InChI=1S/C27H22F3N7O3/c1-14-10-11-36-26(40-14)19(21(35-36)16-12-31-37(13-16)27(29)30)24(38)34-23-25(39)33-22-17(8-5-9-18(22)28)20(32-23)15-6-3-2-4-7-15/h2-9,12-14,23,27H,10-11H2,1H3,(H,33,39)(H,34,38)/t14-,23-/m1/s1. The molecule has 2 aromatic heterocycles. The first-order chi connectivity index (χ1) is 19.3. The quantitative estimate of drug-likeness (QED) is 0.391. The lowest BCUT2D eigenvalue weighted by Crippen LogP contribution is -2.42. The van der Waals surface area contributed by atoms with Crippen LogP contribution in [0.3, 0.4) is 0 Å². The Labute approximate surface area is 225 Å². The lowest BCUT2D eigenvalue weighted by Gasteiger charge is -2.22. The SMILES string of the molecule is C[C@@H]1CCn2nc(-c3cnn(C(F)F)c3)c(C(=O)N[C@H]3N=C(c4ccccc4)c4cccc(F)c4NC3=O)c2O1. The van der Waals surface area contributed by atoms with Gasteiger partial charge in [-0.15, -0.1) is 0 Å². The number of aryl methyl sites for hydroxylation is 1. The van der Waals surface area contributed by atoms with Crippen LogP contribution in [0.1, 0.15) is 41.4 Å². The smallest absolute Gasteiger partial charge is 0.333 e. The maximum Gasteiger partial charge on any atom is 0.333 e. The van der Waals surface area contributed by atoms with Crippen molar-refractivity contribution in [3.8, 4) is 17.1 Å². The van der Waals surface area contributed by atoms with Gasteiger partial charge in [0.1, 0.15) is 17.1 Å². The van der Waals surface area contributed by atoms with Gasteiger partial charge >= 0.3 is 6.55 Å². The van der Waals surface area contributed by atoms with E-state index in [1.807, 2.05) is 6.92 Å². The first kappa shape index (κ1) is 25.3. The van der Waals surface area contributed by atoms with Crippen molar-refractivity contribution in [3.05, 3.63) is 83.4 Å². The van der Waals surface area contributed by atoms with Gasteiger partial charge in [-0.05, 0) is 13.0 Å². The number of hydrogen-bond donors (Lipinski definition) is 2. The highest BCUT2D eigenvalue weighted by molar-refractivity contribution is 6.20. The van der Waals surface area contributed by atoms with E-state index in [0.717, 1.165) is 6.20 Å². The number of carbonyl (C=O) groups is 2. The molecule has 2 N–H and O–H groups in total. The second kappa shape index (κ2) is 9.98. The highest BCUT2D eigenvalue weighted by Crippen LogP contribution is 2.35. The summed E-state index contributed by atoms with van der Waals surface area (Å²) >= 11 is 0. The monoisotopic (exact) mass is 549 g/mol. The predicted octanol–water partition coefficient (Wildman–Crippen LogP) is 4.00. The molecule has 204 valence electrons. The predicted molar refractivity (Wildman–Crippen MR) is 138 cm³/mol. The molecule has 0 fully saturated rings. The van der Waals surface area contributed by atoms with Crippen molar-refractivity contribution in [1.29, 1.82) is 0 Å². The zero-order valence-electron chi connectivity index (χ0n) is 21.0. The van der Waals surface area contributed by atoms with Gasteiger partial charge in [0.2, 0.25) is 12.0 Å². The average molecular weight is 550 g/mol. The Morgan fingerprint density at radius 3 is 2.70 bits per heavy atom. The number of alkyl halides is 2. The number of fused-ring (bicyclic) bond motifs is 2. The third-order valence-electron chi connectivity index (χ3n) is 6.61. The highest BCUT2D eigenvalue weighted by Gasteiger charge is 2.34. The third-order valence-corrected chi connectivity index (χ3v) is 6.61. The molecule has 2 amide bonds. The van der Waals surface area contributed by atoms with Gasteiger partial charge in [-0.2, -0.15) is 19.0 Å². The van der Waals surface area contributed by atoms with Crippen molar-refractivity contribution in [1.82, 2.24) is 24.9 Å². The third kappa shape index (κ3) is 4.48. The fourth-order valence-electron chi connectivity index (χ4n) is 4.66. The summed E-state index contributed by atoms with van der Waals surface area (Å²) < 4.78 is 49.1. The van der Waals surface area contributed by atoms with Gasteiger partial charge in [-0.1, -0.05) is 42.5 Å². The van der Waals surface area contributed by atoms with Gasteiger partial charge in [0.25, 0.3) is 11.8 Å².